The van der Waals surface area contributed by atoms with Crippen LogP contribution in [-0.2, 0) is 5.41 Å². The van der Waals surface area contributed by atoms with Crippen molar-refractivity contribution in [3.05, 3.63) is 241 Å². The summed E-state index contributed by atoms with van der Waals surface area (Å²) in [5, 5.41) is 7.51. The Labute approximate surface area is 352 Å². The van der Waals surface area contributed by atoms with Gasteiger partial charge in [-0.05, 0) is 110 Å². The molecule has 0 amide bonds. The van der Waals surface area contributed by atoms with Crippen molar-refractivity contribution in [2.75, 3.05) is 0 Å². The Hall–Kier alpha value is -7.94. The lowest BCUT2D eigenvalue weighted by Gasteiger charge is -2.30. The van der Waals surface area contributed by atoms with Crippen LogP contribution >= 0.6 is 0 Å². The fourth-order valence-electron chi connectivity index (χ4n) is 11.5. The van der Waals surface area contributed by atoms with Gasteiger partial charge in [0, 0.05) is 32.6 Å². The van der Waals surface area contributed by atoms with E-state index in [0.29, 0.717) is 0 Å². The molecule has 2 aliphatic rings. The van der Waals surface area contributed by atoms with Crippen molar-refractivity contribution >= 4 is 54.4 Å². The summed E-state index contributed by atoms with van der Waals surface area (Å²) in [5.41, 5.74) is 19.9. The molecule has 0 atom stereocenters. The third-order valence-corrected chi connectivity index (χ3v) is 13.9. The van der Waals surface area contributed by atoms with Crippen molar-refractivity contribution < 1.29 is 0 Å². The Kier molecular flexibility index (Phi) is 6.52. The van der Waals surface area contributed by atoms with Gasteiger partial charge in [-0.25, -0.2) is 0 Å². The molecule has 0 unspecified atom stereocenters. The Balaban J connectivity index is 0.991. The molecule has 10 aromatic carbocycles. The summed E-state index contributed by atoms with van der Waals surface area (Å²) in [4.78, 5) is 0. The second kappa shape index (κ2) is 12.1. The Morgan fingerprint density at radius 2 is 0.787 bits per heavy atom. The molecular weight excluding hydrogens is 737 g/mol. The SMILES string of the molecule is c1ccc2c(c1)-c1ccccc1C21c2ccccc2-c2ccc(-n3c4ccccc4c4ccc(-c5ccc6c(c5)c5ccccc5n6-c5cccc6ccccc56)cc43)cc21. The molecule has 2 aromatic heterocycles. The van der Waals surface area contributed by atoms with Crippen molar-refractivity contribution in [2.45, 2.75) is 5.41 Å². The van der Waals surface area contributed by atoms with Crippen LogP contribution in [0.5, 0.6) is 0 Å². The van der Waals surface area contributed by atoms with Gasteiger partial charge in [-0.1, -0.05) is 170 Å². The highest BCUT2D eigenvalue weighted by Gasteiger charge is 2.51. The molecule has 2 heterocycles. The lowest BCUT2D eigenvalue weighted by Crippen LogP contribution is -2.26. The molecule has 0 radical (unpaired) electrons. The van der Waals surface area contributed by atoms with E-state index in [1.165, 1.54) is 121 Å². The van der Waals surface area contributed by atoms with Crippen LogP contribution in [0.25, 0.3) is 99.1 Å². The highest BCUT2D eigenvalue weighted by atomic mass is 15.0. The molecule has 0 saturated carbocycles. The Bertz CT molecular complexity index is 3770. The molecule has 0 bridgehead atoms. The van der Waals surface area contributed by atoms with E-state index in [-0.39, 0.29) is 0 Å². The summed E-state index contributed by atoms with van der Waals surface area (Å²) < 4.78 is 4.95. The molecule has 0 saturated heterocycles. The average molecular weight is 773 g/mol. The van der Waals surface area contributed by atoms with Crippen LogP contribution in [0.3, 0.4) is 0 Å². The summed E-state index contributed by atoms with van der Waals surface area (Å²) in [6, 6.07) is 81.6. The molecule has 2 nitrogen and oxygen atoms in total. The maximum Gasteiger partial charge on any atom is 0.0726 e. The lowest BCUT2D eigenvalue weighted by atomic mass is 9.70. The van der Waals surface area contributed by atoms with Gasteiger partial charge in [0.1, 0.15) is 0 Å². The number of benzene rings is 10. The first-order valence-electron chi connectivity index (χ1n) is 21.3. The van der Waals surface area contributed by atoms with E-state index in [1.54, 1.807) is 0 Å². The zero-order chi connectivity index (χ0) is 39.8. The Morgan fingerprint density at radius 3 is 1.51 bits per heavy atom. The molecule has 14 rings (SSSR count). The lowest BCUT2D eigenvalue weighted by molar-refractivity contribution is 0.792. The summed E-state index contributed by atoms with van der Waals surface area (Å²) >= 11 is 0. The highest BCUT2D eigenvalue weighted by molar-refractivity contribution is 6.13. The molecule has 0 aliphatic heterocycles. The van der Waals surface area contributed by atoms with Gasteiger partial charge in [-0.15, -0.1) is 0 Å². The monoisotopic (exact) mass is 772 g/mol. The van der Waals surface area contributed by atoms with Gasteiger partial charge in [-0.3, -0.25) is 0 Å². The van der Waals surface area contributed by atoms with E-state index >= 15 is 0 Å². The highest BCUT2D eigenvalue weighted by Crippen LogP contribution is 2.63. The first-order valence-corrected chi connectivity index (χ1v) is 21.3. The van der Waals surface area contributed by atoms with Crippen LogP contribution in [0, 0.1) is 0 Å². The van der Waals surface area contributed by atoms with Crippen molar-refractivity contribution in [1.29, 1.82) is 0 Å². The third kappa shape index (κ3) is 4.26. The van der Waals surface area contributed by atoms with Crippen molar-refractivity contribution in [3.63, 3.8) is 0 Å². The van der Waals surface area contributed by atoms with E-state index < -0.39 is 5.41 Å². The van der Waals surface area contributed by atoms with Crippen LogP contribution in [0.1, 0.15) is 22.3 Å². The number of nitrogens with zero attached hydrogens (tertiary/aromatic N) is 2. The summed E-state index contributed by atoms with van der Waals surface area (Å²) in [6.45, 7) is 0. The zero-order valence-electron chi connectivity index (χ0n) is 33.2. The van der Waals surface area contributed by atoms with Gasteiger partial charge in [0.2, 0.25) is 0 Å². The van der Waals surface area contributed by atoms with Gasteiger partial charge in [0.15, 0.2) is 0 Å². The molecule has 12 aromatic rings. The van der Waals surface area contributed by atoms with Crippen molar-refractivity contribution in [2.24, 2.45) is 0 Å². The minimum Gasteiger partial charge on any atom is -0.309 e. The van der Waals surface area contributed by atoms with E-state index in [0.717, 1.165) is 0 Å². The predicted octanol–water partition coefficient (Wildman–Crippen LogP) is 15.0. The first kappa shape index (κ1) is 33.0. The molecule has 1 spiro atoms. The largest absolute Gasteiger partial charge is 0.309 e. The minimum absolute atomic E-state index is 0.403. The second-order valence-electron chi connectivity index (χ2n) is 16.8. The fraction of sp³-hybridized carbons (Fsp3) is 0.0169. The summed E-state index contributed by atoms with van der Waals surface area (Å²) in [6.07, 6.45) is 0. The van der Waals surface area contributed by atoms with E-state index in [4.69, 9.17) is 0 Å². The van der Waals surface area contributed by atoms with Crippen LogP contribution in [0.2, 0.25) is 0 Å². The van der Waals surface area contributed by atoms with Gasteiger partial charge < -0.3 is 9.13 Å². The molecule has 0 N–H and O–H groups in total. The normalized spacial score (nSPS) is 13.4. The predicted molar refractivity (Wildman–Crippen MR) is 254 cm³/mol. The van der Waals surface area contributed by atoms with Crippen LogP contribution < -0.4 is 0 Å². The number of para-hydroxylation sites is 2. The van der Waals surface area contributed by atoms with Gasteiger partial charge in [0.25, 0.3) is 0 Å². The van der Waals surface area contributed by atoms with Crippen LogP contribution in [0.15, 0.2) is 218 Å². The molecule has 2 aliphatic carbocycles. The van der Waals surface area contributed by atoms with Crippen molar-refractivity contribution in [1.82, 2.24) is 9.13 Å². The topological polar surface area (TPSA) is 9.86 Å². The van der Waals surface area contributed by atoms with E-state index in [9.17, 15) is 0 Å². The zero-order valence-corrected chi connectivity index (χ0v) is 33.2. The van der Waals surface area contributed by atoms with E-state index in [2.05, 4.69) is 228 Å². The Morgan fingerprint density at radius 1 is 0.279 bits per heavy atom. The quantitative estimate of drug-likeness (QED) is 0.169. The minimum atomic E-state index is -0.403. The number of fused-ring (bicyclic) bond motifs is 17. The maximum atomic E-state index is 2.50. The number of rotatable bonds is 3. The van der Waals surface area contributed by atoms with Crippen LogP contribution in [-0.4, -0.2) is 9.13 Å². The molecule has 282 valence electrons. The summed E-state index contributed by atoms with van der Waals surface area (Å²) in [7, 11) is 0. The second-order valence-corrected chi connectivity index (χ2v) is 16.8. The third-order valence-electron chi connectivity index (χ3n) is 13.9. The van der Waals surface area contributed by atoms with Gasteiger partial charge in [-0.2, -0.15) is 0 Å². The van der Waals surface area contributed by atoms with Crippen molar-refractivity contribution in [3.8, 4) is 44.8 Å². The number of hydrogen-bond donors (Lipinski definition) is 0. The average Bonchev–Trinajstić information content (AvgIpc) is 4.03. The van der Waals surface area contributed by atoms with Gasteiger partial charge >= 0.3 is 0 Å². The molecule has 2 heteroatoms. The van der Waals surface area contributed by atoms with E-state index in [1.807, 2.05) is 0 Å². The fourth-order valence-corrected chi connectivity index (χ4v) is 11.5. The van der Waals surface area contributed by atoms with Crippen LogP contribution in [0.4, 0.5) is 0 Å². The molecule has 0 fully saturated rings. The standard InChI is InChI=1S/C59H36N2/c1-2-16-41-37(14-1)15-13-27-54(41)61-56-26-12-7-21-47(56)49-34-38(29-33-57(49)61)39-28-31-48-46-20-6-11-25-55(46)60(58(48)35-39)40-30-32-45-44-19-5-10-24-52(44)59(53(45)36-40)50-22-8-3-17-42(50)43-18-4-9-23-51(43)59/h1-36H. The molecular formula is C59H36N2. The van der Waals surface area contributed by atoms with Gasteiger partial charge in [0.05, 0.1) is 33.2 Å². The molecule has 61 heavy (non-hydrogen) atoms. The number of hydrogen-bond acceptors (Lipinski definition) is 0. The first-order chi connectivity index (χ1) is 30.3. The number of aromatic nitrogens is 2. The maximum absolute atomic E-state index is 2.50. The summed E-state index contributed by atoms with van der Waals surface area (Å²) in [5.74, 6) is 0. The smallest absolute Gasteiger partial charge is 0.0726 e.